The van der Waals surface area contributed by atoms with Crippen LogP contribution in [0.4, 0.5) is 5.69 Å². The zero-order chi connectivity index (χ0) is 26.9. The lowest BCUT2D eigenvalue weighted by Crippen LogP contribution is -2.50. The molecule has 0 atom stereocenters. The van der Waals surface area contributed by atoms with Gasteiger partial charge >= 0.3 is 0 Å². The fourth-order valence-corrected chi connectivity index (χ4v) is 5.89. The maximum Gasteiger partial charge on any atom is 0.264 e. The molecule has 9 nitrogen and oxygen atoms in total. The highest BCUT2D eigenvalue weighted by Gasteiger charge is 2.27. The number of benzene rings is 2. The van der Waals surface area contributed by atoms with Crippen molar-refractivity contribution >= 4 is 61.6 Å². The van der Waals surface area contributed by atoms with E-state index in [1.54, 1.807) is 64.5 Å². The van der Waals surface area contributed by atoms with Crippen LogP contribution in [-0.4, -0.2) is 66.2 Å². The molecule has 2 aromatic heterocycles. The average Bonchev–Trinajstić information content (AvgIpc) is 2.92. The lowest BCUT2D eigenvalue weighted by Gasteiger charge is -2.35. The number of para-hydroxylation sites is 1. The molecule has 1 saturated heterocycles. The summed E-state index contributed by atoms with van der Waals surface area (Å²) in [6.07, 6.45) is 1.54. The third-order valence-corrected chi connectivity index (χ3v) is 8.08. The van der Waals surface area contributed by atoms with Crippen molar-refractivity contribution in [3.63, 3.8) is 0 Å². The number of fused-ring (bicyclic) bond motifs is 1. The zero-order valence-electron chi connectivity index (χ0n) is 19.8. The maximum absolute atomic E-state index is 13.0. The summed E-state index contributed by atoms with van der Waals surface area (Å²) in [5.41, 5.74) is 1.36. The summed E-state index contributed by atoms with van der Waals surface area (Å²) in [7, 11) is -3.90. The Morgan fingerprint density at radius 2 is 1.47 bits per heavy atom. The Balaban J connectivity index is 1.23. The number of carbonyl (C=O) groups excluding carboxylic acids is 2. The molecule has 4 aromatic rings. The van der Waals surface area contributed by atoms with E-state index in [9.17, 15) is 18.0 Å². The quantitative estimate of drug-likeness (QED) is 0.358. The van der Waals surface area contributed by atoms with Gasteiger partial charge in [-0.1, -0.05) is 41.4 Å². The highest BCUT2D eigenvalue weighted by atomic mass is 35.5. The third kappa shape index (κ3) is 5.28. The lowest BCUT2D eigenvalue weighted by atomic mass is 10.1. The van der Waals surface area contributed by atoms with E-state index < -0.39 is 10.0 Å². The van der Waals surface area contributed by atoms with Crippen LogP contribution in [0.5, 0.6) is 0 Å². The molecule has 2 amide bonds. The predicted molar refractivity (Wildman–Crippen MR) is 145 cm³/mol. The standard InChI is InChI=1S/C26H21Cl2N5O4S/c27-22-11-10-20(24(28)30-22)26(35)33-15-13-32(14-16-33)25(34)18-6-8-19(9-7-18)31-38(36,37)21-5-1-3-17-4-2-12-29-23(17)21/h1-12,31H,13-16H2. The van der Waals surface area contributed by atoms with E-state index in [1.807, 2.05) is 0 Å². The van der Waals surface area contributed by atoms with Crippen LogP contribution < -0.4 is 4.72 Å². The number of piperazine rings is 1. The van der Waals surface area contributed by atoms with E-state index in [-0.39, 0.29) is 32.6 Å². The average molecular weight is 570 g/mol. The van der Waals surface area contributed by atoms with Crippen LogP contribution in [0, 0.1) is 0 Å². The molecule has 1 N–H and O–H groups in total. The summed E-state index contributed by atoms with van der Waals surface area (Å²) in [4.78, 5) is 37.3. The van der Waals surface area contributed by atoms with E-state index in [0.717, 1.165) is 0 Å². The first-order valence-electron chi connectivity index (χ1n) is 11.6. The van der Waals surface area contributed by atoms with E-state index >= 15 is 0 Å². The van der Waals surface area contributed by atoms with Crippen molar-refractivity contribution in [1.82, 2.24) is 19.8 Å². The Labute approximate surface area is 229 Å². The number of sulfonamides is 1. The predicted octanol–water partition coefficient (Wildman–Crippen LogP) is 4.34. The molecule has 12 heteroatoms. The highest BCUT2D eigenvalue weighted by molar-refractivity contribution is 7.93. The first kappa shape index (κ1) is 25.9. The fraction of sp³-hybridized carbons (Fsp3) is 0.154. The van der Waals surface area contributed by atoms with Crippen LogP contribution in [0.1, 0.15) is 20.7 Å². The first-order valence-corrected chi connectivity index (χ1v) is 13.8. The number of nitrogens with one attached hydrogen (secondary N) is 1. The molecule has 0 spiro atoms. The minimum absolute atomic E-state index is 0.0356. The van der Waals surface area contributed by atoms with Gasteiger partial charge in [-0.25, -0.2) is 13.4 Å². The number of carbonyl (C=O) groups is 2. The zero-order valence-corrected chi connectivity index (χ0v) is 22.2. The number of anilines is 1. The molecule has 0 bridgehead atoms. The van der Waals surface area contributed by atoms with E-state index in [4.69, 9.17) is 23.2 Å². The fourth-order valence-electron chi connectivity index (χ4n) is 4.22. The molecule has 38 heavy (non-hydrogen) atoms. The molecule has 1 fully saturated rings. The molecule has 1 aliphatic rings. The third-order valence-electron chi connectivity index (χ3n) is 6.17. The van der Waals surface area contributed by atoms with Crippen LogP contribution in [-0.2, 0) is 10.0 Å². The Kier molecular flexibility index (Phi) is 7.20. The number of aromatic nitrogens is 2. The van der Waals surface area contributed by atoms with Crippen molar-refractivity contribution in [3.8, 4) is 0 Å². The van der Waals surface area contributed by atoms with Crippen LogP contribution in [0.15, 0.2) is 77.8 Å². The number of hydrogen-bond donors (Lipinski definition) is 1. The topological polar surface area (TPSA) is 113 Å². The van der Waals surface area contributed by atoms with Crippen molar-refractivity contribution in [2.75, 3.05) is 30.9 Å². The van der Waals surface area contributed by atoms with Gasteiger partial charge in [0.15, 0.2) is 0 Å². The molecule has 0 radical (unpaired) electrons. The Hall–Kier alpha value is -3.73. The Morgan fingerprint density at radius 1 is 0.816 bits per heavy atom. The van der Waals surface area contributed by atoms with Crippen molar-refractivity contribution in [1.29, 1.82) is 0 Å². The van der Waals surface area contributed by atoms with Gasteiger partial charge in [-0.3, -0.25) is 19.3 Å². The first-order chi connectivity index (χ1) is 18.2. The summed E-state index contributed by atoms with van der Waals surface area (Å²) in [6.45, 7) is 1.35. The number of halogens is 2. The SMILES string of the molecule is O=C(c1ccc(NS(=O)(=O)c2cccc3cccnc23)cc1)N1CCN(C(=O)c2ccc(Cl)nc2Cl)CC1. The Morgan fingerprint density at radius 3 is 2.16 bits per heavy atom. The van der Waals surface area contributed by atoms with Gasteiger partial charge in [-0.2, -0.15) is 0 Å². The van der Waals surface area contributed by atoms with Gasteiger partial charge in [0.1, 0.15) is 15.2 Å². The molecule has 0 unspecified atom stereocenters. The lowest BCUT2D eigenvalue weighted by molar-refractivity contribution is 0.0535. The van der Waals surface area contributed by atoms with Crippen molar-refractivity contribution < 1.29 is 18.0 Å². The van der Waals surface area contributed by atoms with Gasteiger partial charge in [0, 0.05) is 49.0 Å². The highest BCUT2D eigenvalue weighted by Crippen LogP contribution is 2.24. The molecule has 0 saturated carbocycles. The minimum Gasteiger partial charge on any atom is -0.335 e. The summed E-state index contributed by atoms with van der Waals surface area (Å²) in [5, 5.41) is 0.950. The maximum atomic E-state index is 13.0. The number of amides is 2. The van der Waals surface area contributed by atoms with Crippen LogP contribution in [0.3, 0.4) is 0 Å². The van der Waals surface area contributed by atoms with Gasteiger partial charge in [0.05, 0.1) is 11.1 Å². The van der Waals surface area contributed by atoms with Gasteiger partial charge in [0.25, 0.3) is 21.8 Å². The van der Waals surface area contributed by atoms with Crippen molar-refractivity contribution in [3.05, 3.63) is 94.4 Å². The van der Waals surface area contributed by atoms with Gasteiger partial charge in [0.2, 0.25) is 0 Å². The van der Waals surface area contributed by atoms with E-state index in [1.165, 1.54) is 18.2 Å². The van der Waals surface area contributed by atoms with Crippen LogP contribution >= 0.6 is 23.2 Å². The number of rotatable bonds is 5. The largest absolute Gasteiger partial charge is 0.335 e. The molecule has 1 aliphatic heterocycles. The smallest absolute Gasteiger partial charge is 0.264 e. The molecule has 194 valence electrons. The van der Waals surface area contributed by atoms with Gasteiger partial charge in [-0.05, 0) is 48.5 Å². The van der Waals surface area contributed by atoms with Crippen LogP contribution in [0.25, 0.3) is 10.9 Å². The second-order valence-corrected chi connectivity index (χ2v) is 11.0. The van der Waals surface area contributed by atoms with Gasteiger partial charge in [-0.15, -0.1) is 0 Å². The number of pyridine rings is 2. The van der Waals surface area contributed by atoms with E-state index in [2.05, 4.69) is 14.7 Å². The summed E-state index contributed by atoms with van der Waals surface area (Å²) in [5.74, 6) is -0.486. The summed E-state index contributed by atoms with van der Waals surface area (Å²) in [6, 6.07) is 17.7. The molecule has 5 rings (SSSR count). The normalized spacial score (nSPS) is 13.9. The van der Waals surface area contributed by atoms with Crippen molar-refractivity contribution in [2.45, 2.75) is 4.90 Å². The molecule has 0 aliphatic carbocycles. The van der Waals surface area contributed by atoms with Crippen molar-refractivity contribution in [2.24, 2.45) is 0 Å². The Bertz CT molecular complexity index is 1630. The molecule has 3 heterocycles. The second-order valence-electron chi connectivity index (χ2n) is 8.57. The van der Waals surface area contributed by atoms with Gasteiger partial charge < -0.3 is 9.80 Å². The monoisotopic (exact) mass is 569 g/mol. The second kappa shape index (κ2) is 10.6. The molecule has 2 aromatic carbocycles. The van der Waals surface area contributed by atoms with Crippen LogP contribution in [0.2, 0.25) is 10.3 Å². The molecular formula is C26H21Cl2N5O4S. The number of hydrogen-bond acceptors (Lipinski definition) is 6. The number of nitrogens with zero attached hydrogens (tertiary/aromatic N) is 4. The summed E-state index contributed by atoms with van der Waals surface area (Å²) < 4.78 is 28.6. The van der Waals surface area contributed by atoms with E-state index in [0.29, 0.717) is 48.3 Å². The summed E-state index contributed by atoms with van der Waals surface area (Å²) >= 11 is 11.9. The minimum atomic E-state index is -3.90. The molecular weight excluding hydrogens is 549 g/mol.